The minimum atomic E-state index is -0.560. The third kappa shape index (κ3) is 2.54. The Hall–Kier alpha value is -1.46. The zero-order valence-corrected chi connectivity index (χ0v) is 15.3. The third-order valence-electron chi connectivity index (χ3n) is 3.86. The van der Waals surface area contributed by atoms with Gasteiger partial charge in [0.15, 0.2) is 0 Å². The summed E-state index contributed by atoms with van der Waals surface area (Å²) in [6.45, 7) is 1.91. The topological polar surface area (TPSA) is 63.4 Å². The molecule has 2 N–H and O–H groups in total. The highest BCUT2D eigenvalue weighted by molar-refractivity contribution is 6.55. The van der Waals surface area contributed by atoms with E-state index in [1.807, 2.05) is 13.0 Å². The highest BCUT2D eigenvalue weighted by Crippen LogP contribution is 2.45. The van der Waals surface area contributed by atoms with Gasteiger partial charge in [0.05, 0.1) is 37.8 Å². The summed E-state index contributed by atoms with van der Waals surface area (Å²) in [4.78, 5) is 26.3. The number of imide groups is 1. The molecule has 0 fully saturated rings. The van der Waals surface area contributed by atoms with E-state index in [2.05, 4.69) is 0 Å². The number of carbonyl (C=O) groups excluding carboxylic acids is 2. The first kappa shape index (κ1) is 17.4. The molecule has 124 valence electrons. The number of benzene rings is 2. The highest BCUT2D eigenvalue weighted by atomic mass is 35.5. The van der Waals surface area contributed by atoms with Gasteiger partial charge in [-0.05, 0) is 24.1 Å². The summed E-state index contributed by atoms with van der Waals surface area (Å²) in [7, 11) is 0. The van der Waals surface area contributed by atoms with Crippen LogP contribution in [-0.2, 0) is 6.54 Å². The Bertz CT molecular complexity index is 865. The number of carbonyl (C=O) groups is 2. The summed E-state index contributed by atoms with van der Waals surface area (Å²) in [5.74, 6) is -1.12. The van der Waals surface area contributed by atoms with E-state index in [9.17, 15) is 9.59 Å². The molecule has 2 aromatic carbocycles. The van der Waals surface area contributed by atoms with Gasteiger partial charge in [-0.3, -0.25) is 14.5 Å². The van der Waals surface area contributed by atoms with Crippen LogP contribution in [0.5, 0.6) is 0 Å². The lowest BCUT2D eigenvalue weighted by molar-refractivity contribution is 0.0642. The largest absolute Gasteiger partial charge is 0.399 e. The molecule has 1 aliphatic rings. The number of hydrogen-bond acceptors (Lipinski definition) is 3. The van der Waals surface area contributed by atoms with Gasteiger partial charge in [-0.25, -0.2) is 0 Å². The summed E-state index contributed by atoms with van der Waals surface area (Å²) in [5, 5.41) is -0.243. The van der Waals surface area contributed by atoms with Gasteiger partial charge in [0.25, 0.3) is 11.8 Å². The Kier molecular flexibility index (Phi) is 4.43. The van der Waals surface area contributed by atoms with Crippen molar-refractivity contribution >= 4 is 63.9 Å². The first-order chi connectivity index (χ1) is 11.2. The summed E-state index contributed by atoms with van der Waals surface area (Å²) < 4.78 is 0. The summed E-state index contributed by atoms with van der Waals surface area (Å²) >= 11 is 24.2. The SMILES string of the molecule is Cc1cc(CN2C(=O)c3c(Cl)c(Cl)c(Cl)c(Cl)c3C2=O)ccc1N. The van der Waals surface area contributed by atoms with Crippen molar-refractivity contribution in [3.05, 3.63) is 60.5 Å². The van der Waals surface area contributed by atoms with Gasteiger partial charge in [-0.1, -0.05) is 58.5 Å². The second-order valence-corrected chi connectivity index (χ2v) is 6.91. The van der Waals surface area contributed by atoms with Crippen molar-refractivity contribution in [1.29, 1.82) is 0 Å². The smallest absolute Gasteiger partial charge is 0.263 e. The first-order valence-electron chi connectivity index (χ1n) is 6.81. The van der Waals surface area contributed by atoms with Gasteiger partial charge in [-0.2, -0.15) is 0 Å². The van der Waals surface area contributed by atoms with Crippen molar-refractivity contribution in [2.45, 2.75) is 13.5 Å². The number of nitrogen functional groups attached to an aromatic ring is 1. The molecule has 2 aromatic rings. The fraction of sp³-hybridized carbons (Fsp3) is 0.125. The molecule has 0 saturated heterocycles. The molecule has 0 radical (unpaired) electrons. The average Bonchev–Trinajstić information content (AvgIpc) is 2.79. The van der Waals surface area contributed by atoms with Gasteiger partial charge < -0.3 is 5.73 Å². The van der Waals surface area contributed by atoms with E-state index < -0.39 is 11.8 Å². The van der Waals surface area contributed by atoms with Crippen LogP contribution in [0, 0.1) is 6.92 Å². The number of aryl methyl sites for hydroxylation is 1. The number of anilines is 1. The van der Waals surface area contributed by atoms with Crippen LogP contribution in [0.15, 0.2) is 18.2 Å². The van der Waals surface area contributed by atoms with Crippen LogP contribution in [0.2, 0.25) is 20.1 Å². The molecule has 0 saturated carbocycles. The number of rotatable bonds is 2. The number of nitrogens with two attached hydrogens (primary N) is 1. The molecule has 0 aliphatic carbocycles. The third-order valence-corrected chi connectivity index (χ3v) is 5.66. The van der Waals surface area contributed by atoms with Gasteiger partial charge in [0, 0.05) is 5.69 Å². The number of hydrogen-bond donors (Lipinski definition) is 1. The summed E-state index contributed by atoms with van der Waals surface area (Å²) in [5.41, 5.74) is 7.98. The van der Waals surface area contributed by atoms with Crippen LogP contribution in [0.25, 0.3) is 0 Å². The van der Waals surface area contributed by atoms with Crippen LogP contribution in [0.1, 0.15) is 31.8 Å². The van der Waals surface area contributed by atoms with E-state index in [0.717, 1.165) is 16.0 Å². The van der Waals surface area contributed by atoms with Crippen molar-refractivity contribution in [2.24, 2.45) is 0 Å². The lowest BCUT2D eigenvalue weighted by Crippen LogP contribution is -2.29. The Morgan fingerprint density at radius 1 is 0.917 bits per heavy atom. The number of halogens is 4. The molecular formula is C16H10Cl4N2O2. The zero-order chi connectivity index (χ0) is 17.8. The Morgan fingerprint density at radius 2 is 1.42 bits per heavy atom. The quantitative estimate of drug-likeness (QED) is 0.332. The number of amides is 2. The summed E-state index contributed by atoms with van der Waals surface area (Å²) in [6.07, 6.45) is 0. The number of fused-ring (bicyclic) bond motifs is 1. The Labute approximate surface area is 158 Å². The van der Waals surface area contributed by atoms with E-state index in [1.165, 1.54) is 0 Å². The maximum atomic E-state index is 12.6. The van der Waals surface area contributed by atoms with Gasteiger partial charge in [0.2, 0.25) is 0 Å². The van der Waals surface area contributed by atoms with E-state index >= 15 is 0 Å². The van der Waals surface area contributed by atoms with Crippen molar-refractivity contribution in [2.75, 3.05) is 5.73 Å². The predicted octanol–water partition coefficient (Wildman–Crippen LogP) is 4.99. The van der Waals surface area contributed by atoms with Crippen molar-refractivity contribution in [1.82, 2.24) is 4.90 Å². The monoisotopic (exact) mass is 402 g/mol. The van der Waals surface area contributed by atoms with Gasteiger partial charge in [0.1, 0.15) is 0 Å². The van der Waals surface area contributed by atoms with Crippen molar-refractivity contribution in [3.8, 4) is 0 Å². The normalized spacial score (nSPS) is 13.6. The minimum Gasteiger partial charge on any atom is -0.399 e. The van der Waals surface area contributed by atoms with Crippen LogP contribution in [0.4, 0.5) is 5.69 Å². The molecular weight excluding hydrogens is 394 g/mol. The Balaban J connectivity index is 2.06. The van der Waals surface area contributed by atoms with Crippen LogP contribution < -0.4 is 5.73 Å². The van der Waals surface area contributed by atoms with Crippen molar-refractivity contribution in [3.63, 3.8) is 0 Å². The Morgan fingerprint density at radius 3 is 1.88 bits per heavy atom. The molecule has 8 heteroatoms. The van der Waals surface area contributed by atoms with E-state index in [0.29, 0.717) is 5.69 Å². The fourth-order valence-electron chi connectivity index (χ4n) is 2.56. The molecule has 0 spiro atoms. The second kappa shape index (κ2) is 6.12. The van der Waals surface area contributed by atoms with E-state index in [1.54, 1.807) is 12.1 Å². The molecule has 0 bridgehead atoms. The van der Waals surface area contributed by atoms with Crippen LogP contribution >= 0.6 is 46.4 Å². The molecule has 0 aromatic heterocycles. The molecule has 3 rings (SSSR count). The predicted molar refractivity (Wildman–Crippen MR) is 96.3 cm³/mol. The number of nitrogens with zero attached hydrogens (tertiary/aromatic N) is 1. The van der Waals surface area contributed by atoms with Crippen LogP contribution in [0.3, 0.4) is 0 Å². The lowest BCUT2D eigenvalue weighted by atomic mass is 10.1. The zero-order valence-electron chi connectivity index (χ0n) is 12.3. The maximum Gasteiger partial charge on any atom is 0.263 e. The average molecular weight is 404 g/mol. The molecule has 24 heavy (non-hydrogen) atoms. The maximum absolute atomic E-state index is 12.6. The summed E-state index contributed by atoms with van der Waals surface area (Å²) in [6, 6.07) is 5.27. The molecule has 4 nitrogen and oxygen atoms in total. The van der Waals surface area contributed by atoms with Gasteiger partial charge >= 0.3 is 0 Å². The van der Waals surface area contributed by atoms with Gasteiger partial charge in [-0.15, -0.1) is 0 Å². The molecule has 1 heterocycles. The lowest BCUT2D eigenvalue weighted by Gasteiger charge is -2.14. The molecule has 2 amide bonds. The highest BCUT2D eigenvalue weighted by Gasteiger charge is 2.41. The molecule has 1 aliphatic heterocycles. The van der Waals surface area contributed by atoms with Crippen LogP contribution in [-0.4, -0.2) is 16.7 Å². The standard InChI is InChI=1S/C16H10Cl4N2O2/c1-6-4-7(2-3-8(6)21)5-22-15(23)9-10(16(22)24)12(18)14(20)13(19)11(9)17/h2-4H,5,21H2,1H3. The van der Waals surface area contributed by atoms with E-state index in [4.69, 9.17) is 52.1 Å². The molecule has 0 atom stereocenters. The first-order valence-corrected chi connectivity index (χ1v) is 8.32. The fourth-order valence-corrected chi connectivity index (χ4v) is 3.57. The second-order valence-electron chi connectivity index (χ2n) is 5.39. The minimum absolute atomic E-state index is 0.0202. The van der Waals surface area contributed by atoms with Crippen molar-refractivity contribution < 1.29 is 9.59 Å². The molecule has 0 unspecified atom stereocenters. The van der Waals surface area contributed by atoms with E-state index in [-0.39, 0.29) is 37.8 Å².